The van der Waals surface area contributed by atoms with Gasteiger partial charge in [-0.25, -0.2) is 14.1 Å². The maximum Gasteiger partial charge on any atom is 0.248 e. The number of nitrogens with zero attached hydrogens (tertiary/aromatic N) is 4. The van der Waals surface area contributed by atoms with Crippen molar-refractivity contribution < 1.29 is 14.3 Å². The third-order valence-electron chi connectivity index (χ3n) is 5.03. The minimum atomic E-state index is -0.619. The number of hydrogen-bond donors (Lipinski definition) is 1. The summed E-state index contributed by atoms with van der Waals surface area (Å²) in [6.45, 7) is 9.69. The molecule has 8 heteroatoms. The second-order valence-electron chi connectivity index (χ2n) is 8.49. The number of halogens is 2. The van der Waals surface area contributed by atoms with Gasteiger partial charge in [0.1, 0.15) is 12.4 Å². The van der Waals surface area contributed by atoms with Crippen molar-refractivity contribution in [1.29, 1.82) is 0 Å². The Morgan fingerprint density at radius 1 is 1.18 bits per heavy atom. The van der Waals surface area contributed by atoms with E-state index >= 15 is 0 Å². The number of rotatable bonds is 6. The Morgan fingerprint density at radius 2 is 1.82 bits per heavy atom. The van der Waals surface area contributed by atoms with Gasteiger partial charge in [0.25, 0.3) is 0 Å². The van der Waals surface area contributed by atoms with Gasteiger partial charge in [0.05, 0.1) is 18.2 Å². The molecule has 0 unspecified atom stereocenters. The number of aliphatic hydroxyl groups is 1. The van der Waals surface area contributed by atoms with Crippen LogP contribution in [0.15, 0.2) is 48.5 Å². The molecular formula is C25H32ClFN4O2. The third-order valence-corrected chi connectivity index (χ3v) is 5.26. The van der Waals surface area contributed by atoms with E-state index in [9.17, 15) is 14.3 Å². The summed E-state index contributed by atoms with van der Waals surface area (Å²) in [6, 6.07) is 13.4. The Bertz CT molecular complexity index is 1060. The van der Waals surface area contributed by atoms with Crippen molar-refractivity contribution in [3.05, 3.63) is 70.8 Å². The molecule has 1 amide bonds. The molecule has 0 saturated carbocycles. The number of benzene rings is 2. The number of hydrogen-bond acceptors (Lipinski definition) is 4. The van der Waals surface area contributed by atoms with Crippen LogP contribution >= 0.6 is 11.6 Å². The van der Waals surface area contributed by atoms with Crippen LogP contribution in [-0.2, 0) is 11.3 Å². The smallest absolute Gasteiger partial charge is 0.248 e. The molecule has 1 aromatic heterocycles. The van der Waals surface area contributed by atoms with Gasteiger partial charge in [0, 0.05) is 12.1 Å². The third kappa shape index (κ3) is 6.39. The number of aliphatic hydroxyl groups excluding tert-OH is 1. The van der Waals surface area contributed by atoms with Crippen LogP contribution < -0.4 is 0 Å². The van der Waals surface area contributed by atoms with Crippen LogP contribution in [0.5, 0.6) is 0 Å². The highest BCUT2D eigenvalue weighted by atomic mass is 35.5. The maximum absolute atomic E-state index is 14.6. The van der Waals surface area contributed by atoms with Gasteiger partial charge in [-0.1, -0.05) is 76.6 Å². The fourth-order valence-electron chi connectivity index (χ4n) is 3.61. The molecule has 1 atom stereocenters. The lowest BCUT2D eigenvalue weighted by molar-refractivity contribution is -0.137. The minimum absolute atomic E-state index is 0.185. The topological polar surface area (TPSA) is 71.2 Å². The molecule has 0 saturated heterocycles. The largest absolute Gasteiger partial charge is 0.387 e. The number of carbonyl (C=O) groups excluding carboxylic acids is 1. The van der Waals surface area contributed by atoms with Crippen LogP contribution in [-0.4, -0.2) is 44.3 Å². The van der Waals surface area contributed by atoms with E-state index < -0.39 is 29.8 Å². The first-order chi connectivity index (χ1) is 15.6. The molecule has 0 bridgehead atoms. The van der Waals surface area contributed by atoms with Gasteiger partial charge >= 0.3 is 0 Å². The molecule has 33 heavy (non-hydrogen) atoms. The van der Waals surface area contributed by atoms with Gasteiger partial charge in [0.2, 0.25) is 5.91 Å². The van der Waals surface area contributed by atoms with E-state index in [4.69, 9.17) is 11.6 Å². The van der Waals surface area contributed by atoms with Gasteiger partial charge in [-0.3, -0.25) is 4.79 Å². The summed E-state index contributed by atoms with van der Waals surface area (Å²) in [4.78, 5) is 18.5. The molecule has 0 aliphatic rings. The quantitative estimate of drug-likeness (QED) is 0.522. The minimum Gasteiger partial charge on any atom is -0.387 e. The van der Waals surface area contributed by atoms with Crippen molar-refractivity contribution in [2.75, 3.05) is 13.7 Å². The van der Waals surface area contributed by atoms with Crippen molar-refractivity contribution in [1.82, 2.24) is 19.7 Å². The highest BCUT2D eigenvalue weighted by Gasteiger charge is 2.37. The lowest BCUT2D eigenvalue weighted by Gasteiger charge is -2.37. The van der Waals surface area contributed by atoms with Gasteiger partial charge in [0.15, 0.2) is 11.6 Å². The summed E-state index contributed by atoms with van der Waals surface area (Å²) in [5.41, 5.74) is 0.727. The molecular weight excluding hydrogens is 443 g/mol. The van der Waals surface area contributed by atoms with Crippen LogP contribution in [0.3, 0.4) is 0 Å². The Balaban J connectivity index is 0.00000187. The van der Waals surface area contributed by atoms with E-state index in [0.29, 0.717) is 17.4 Å². The lowest BCUT2D eigenvalue weighted by Crippen LogP contribution is -2.41. The second-order valence-corrected chi connectivity index (χ2v) is 8.93. The van der Waals surface area contributed by atoms with E-state index in [0.717, 1.165) is 5.56 Å². The predicted octanol–water partition coefficient (Wildman–Crippen LogP) is 5.35. The molecule has 6 nitrogen and oxygen atoms in total. The van der Waals surface area contributed by atoms with Gasteiger partial charge in [-0.15, -0.1) is 0 Å². The monoisotopic (exact) mass is 474 g/mol. The first-order valence-corrected chi connectivity index (χ1v) is 11.3. The lowest BCUT2D eigenvalue weighted by atomic mass is 9.85. The first kappa shape index (κ1) is 26.5. The number of likely N-dealkylation sites (N-methyl/N-ethyl adjacent to an activating group) is 1. The van der Waals surface area contributed by atoms with E-state index in [1.54, 1.807) is 11.7 Å². The summed E-state index contributed by atoms with van der Waals surface area (Å²) in [6.07, 6.45) is 0. The van der Waals surface area contributed by atoms with Crippen molar-refractivity contribution in [3.63, 3.8) is 0 Å². The Kier molecular flexibility index (Phi) is 9.14. The Labute approximate surface area is 200 Å². The van der Waals surface area contributed by atoms with Crippen LogP contribution in [0, 0.1) is 11.2 Å². The van der Waals surface area contributed by atoms with Crippen LogP contribution in [0.25, 0.3) is 11.4 Å². The average molecular weight is 475 g/mol. The summed E-state index contributed by atoms with van der Waals surface area (Å²) in [5, 5.41) is 14.4. The summed E-state index contributed by atoms with van der Waals surface area (Å²) >= 11 is 6.08. The molecule has 3 rings (SSSR count). The highest BCUT2D eigenvalue weighted by molar-refractivity contribution is 6.30. The van der Waals surface area contributed by atoms with Crippen LogP contribution in [0.4, 0.5) is 4.39 Å². The van der Waals surface area contributed by atoms with Gasteiger partial charge < -0.3 is 10.0 Å². The van der Waals surface area contributed by atoms with Crippen molar-refractivity contribution in [3.8, 4) is 11.4 Å². The Morgan fingerprint density at radius 3 is 2.39 bits per heavy atom. The highest BCUT2D eigenvalue weighted by Crippen LogP contribution is 2.38. The molecule has 1 heterocycles. The fourth-order valence-corrected chi connectivity index (χ4v) is 3.78. The standard InChI is InChI=1S/C23H26ClFN4O2.C2H6/c1-23(2,3)20(28(4)19(31)14-30)22-26-21(17-12-16(24)10-11-18(17)25)27-29(22)13-15-8-6-5-7-9-15;1-2/h5-12,20,30H,13-14H2,1-4H3;1-2H3/t20-;/m0./s1. The molecule has 3 aromatic rings. The second kappa shape index (κ2) is 11.4. The van der Waals surface area contributed by atoms with E-state index in [1.165, 1.54) is 23.1 Å². The number of carbonyl (C=O) groups is 1. The van der Waals surface area contributed by atoms with Gasteiger partial charge in [-0.2, -0.15) is 5.10 Å². The van der Waals surface area contributed by atoms with E-state index in [1.807, 2.05) is 65.0 Å². The van der Waals surface area contributed by atoms with E-state index in [-0.39, 0.29) is 11.4 Å². The van der Waals surface area contributed by atoms with Crippen molar-refractivity contribution in [2.24, 2.45) is 5.41 Å². The molecule has 1 N–H and O–H groups in total. The van der Waals surface area contributed by atoms with Crippen LogP contribution in [0.2, 0.25) is 5.02 Å². The Hall–Kier alpha value is -2.77. The number of amides is 1. The zero-order chi connectivity index (χ0) is 24.8. The summed E-state index contributed by atoms with van der Waals surface area (Å²) in [5.74, 6) is -0.246. The summed E-state index contributed by atoms with van der Waals surface area (Å²) < 4.78 is 16.2. The number of aromatic nitrogens is 3. The van der Waals surface area contributed by atoms with Crippen LogP contribution in [0.1, 0.15) is 52.0 Å². The first-order valence-electron chi connectivity index (χ1n) is 10.9. The van der Waals surface area contributed by atoms with E-state index in [2.05, 4.69) is 10.1 Å². The average Bonchev–Trinajstić information content (AvgIpc) is 3.18. The molecule has 0 aliphatic carbocycles. The molecule has 0 spiro atoms. The predicted molar refractivity (Wildman–Crippen MR) is 129 cm³/mol. The van der Waals surface area contributed by atoms with Gasteiger partial charge in [-0.05, 0) is 29.2 Å². The molecule has 178 valence electrons. The molecule has 0 aliphatic heterocycles. The molecule has 0 radical (unpaired) electrons. The van der Waals surface area contributed by atoms with Crippen molar-refractivity contribution in [2.45, 2.75) is 47.2 Å². The van der Waals surface area contributed by atoms with Crippen molar-refractivity contribution >= 4 is 17.5 Å². The molecule has 2 aromatic carbocycles. The zero-order valence-corrected chi connectivity index (χ0v) is 20.8. The zero-order valence-electron chi connectivity index (χ0n) is 20.0. The SMILES string of the molecule is CC.CN(C(=O)CO)[C@@H](c1nc(-c2cc(Cl)ccc2F)nn1Cc1ccccc1)C(C)(C)C. The molecule has 0 fully saturated rings. The normalized spacial score (nSPS) is 12.0. The maximum atomic E-state index is 14.6. The summed E-state index contributed by atoms with van der Waals surface area (Å²) in [7, 11) is 1.62. The fraction of sp³-hybridized carbons (Fsp3) is 0.400.